The molecule has 1 aliphatic rings. The third-order valence-electron chi connectivity index (χ3n) is 2.90. The Hall–Kier alpha value is -1.67. The maximum absolute atomic E-state index is 8.87. The minimum absolute atomic E-state index is 0.580. The first-order valence-corrected chi connectivity index (χ1v) is 7.21. The van der Waals surface area contributed by atoms with Crippen molar-refractivity contribution in [2.24, 2.45) is 4.99 Å². The van der Waals surface area contributed by atoms with Crippen LogP contribution in [0, 0.1) is 11.3 Å². The molecule has 0 saturated carbocycles. The SMILES string of the molecule is CCCC1CN=C(Nc2ccc(C#N)cc2OC)S1. The number of methoxy groups -OCH3 is 1. The number of amidine groups is 1. The van der Waals surface area contributed by atoms with E-state index in [-0.39, 0.29) is 0 Å². The van der Waals surface area contributed by atoms with Gasteiger partial charge in [0, 0.05) is 11.3 Å². The van der Waals surface area contributed by atoms with Crippen molar-refractivity contribution in [1.29, 1.82) is 5.26 Å². The molecule has 0 bridgehead atoms. The van der Waals surface area contributed by atoms with Gasteiger partial charge in [-0.25, -0.2) is 0 Å². The summed E-state index contributed by atoms with van der Waals surface area (Å²) in [4.78, 5) is 4.50. The second-order valence-electron chi connectivity index (χ2n) is 4.33. The highest BCUT2D eigenvalue weighted by atomic mass is 32.2. The highest BCUT2D eigenvalue weighted by Gasteiger charge is 2.19. The van der Waals surface area contributed by atoms with Gasteiger partial charge in [-0.3, -0.25) is 4.99 Å². The van der Waals surface area contributed by atoms with Crippen LogP contribution in [-0.2, 0) is 0 Å². The van der Waals surface area contributed by atoms with Gasteiger partial charge in [-0.1, -0.05) is 25.1 Å². The average Bonchev–Trinajstić information content (AvgIpc) is 2.87. The molecule has 0 aliphatic carbocycles. The first kappa shape index (κ1) is 13.8. The fourth-order valence-corrected chi connectivity index (χ4v) is 3.07. The summed E-state index contributed by atoms with van der Waals surface area (Å²) in [6.45, 7) is 3.06. The summed E-state index contributed by atoms with van der Waals surface area (Å²) < 4.78 is 5.29. The second-order valence-corrected chi connectivity index (χ2v) is 5.62. The van der Waals surface area contributed by atoms with Crippen molar-refractivity contribution in [2.45, 2.75) is 25.0 Å². The summed E-state index contributed by atoms with van der Waals surface area (Å²) in [6, 6.07) is 7.46. The Balaban J connectivity index is 2.06. The van der Waals surface area contributed by atoms with Gasteiger partial charge in [0.2, 0.25) is 0 Å². The number of hydrogen-bond acceptors (Lipinski definition) is 5. The molecule has 5 heteroatoms. The first-order chi connectivity index (χ1) is 9.26. The highest BCUT2D eigenvalue weighted by molar-refractivity contribution is 8.15. The zero-order valence-electron chi connectivity index (χ0n) is 11.1. The van der Waals surface area contributed by atoms with Crippen molar-refractivity contribution in [3.05, 3.63) is 23.8 Å². The lowest BCUT2D eigenvalue weighted by molar-refractivity contribution is 0.417. The van der Waals surface area contributed by atoms with Crippen LogP contribution >= 0.6 is 11.8 Å². The molecule has 0 aromatic heterocycles. The first-order valence-electron chi connectivity index (χ1n) is 6.33. The Morgan fingerprint density at radius 1 is 1.58 bits per heavy atom. The monoisotopic (exact) mass is 275 g/mol. The second kappa shape index (κ2) is 6.48. The topological polar surface area (TPSA) is 57.4 Å². The predicted octanol–water partition coefficient (Wildman–Crippen LogP) is 3.25. The average molecular weight is 275 g/mol. The van der Waals surface area contributed by atoms with Crippen LogP contribution < -0.4 is 10.1 Å². The largest absolute Gasteiger partial charge is 0.495 e. The smallest absolute Gasteiger partial charge is 0.161 e. The molecule has 1 aliphatic heterocycles. The summed E-state index contributed by atoms with van der Waals surface area (Å²) in [5, 5.41) is 13.7. The maximum Gasteiger partial charge on any atom is 0.161 e. The molecule has 19 heavy (non-hydrogen) atoms. The van der Waals surface area contributed by atoms with E-state index in [1.807, 2.05) is 6.07 Å². The number of hydrogen-bond donors (Lipinski definition) is 1. The Bertz CT molecular complexity index is 522. The number of ether oxygens (including phenoxy) is 1. The lowest BCUT2D eigenvalue weighted by Crippen LogP contribution is -2.08. The Morgan fingerprint density at radius 3 is 3.11 bits per heavy atom. The van der Waals surface area contributed by atoms with Crippen molar-refractivity contribution in [2.75, 3.05) is 19.0 Å². The zero-order chi connectivity index (χ0) is 13.7. The van der Waals surface area contributed by atoms with Gasteiger partial charge < -0.3 is 10.1 Å². The van der Waals surface area contributed by atoms with Crippen LogP contribution in [0.5, 0.6) is 5.75 Å². The molecule has 4 nitrogen and oxygen atoms in total. The van der Waals surface area contributed by atoms with Crippen LogP contribution in [0.3, 0.4) is 0 Å². The highest BCUT2D eigenvalue weighted by Crippen LogP contribution is 2.30. The van der Waals surface area contributed by atoms with Crippen molar-refractivity contribution < 1.29 is 4.74 Å². The molecule has 0 fully saturated rings. The van der Waals surface area contributed by atoms with E-state index in [0.29, 0.717) is 16.6 Å². The molecule has 0 saturated heterocycles. The van der Waals surface area contributed by atoms with Crippen LogP contribution in [-0.4, -0.2) is 24.1 Å². The maximum atomic E-state index is 8.87. The lowest BCUT2D eigenvalue weighted by Gasteiger charge is -2.11. The minimum Gasteiger partial charge on any atom is -0.495 e. The van der Waals surface area contributed by atoms with Crippen LogP contribution in [0.2, 0.25) is 0 Å². The number of benzene rings is 1. The molecule has 1 atom stereocenters. The van der Waals surface area contributed by atoms with E-state index in [1.54, 1.807) is 31.0 Å². The van der Waals surface area contributed by atoms with Gasteiger partial charge >= 0.3 is 0 Å². The molecule has 0 radical (unpaired) electrons. The number of nitrogens with zero attached hydrogens (tertiary/aromatic N) is 2. The Kier molecular flexibility index (Phi) is 4.69. The summed E-state index contributed by atoms with van der Waals surface area (Å²) in [5.41, 5.74) is 1.44. The molecule has 100 valence electrons. The molecule has 1 heterocycles. The van der Waals surface area contributed by atoms with E-state index < -0.39 is 0 Å². The Labute approximate surface area is 117 Å². The molecule has 0 spiro atoms. The van der Waals surface area contributed by atoms with Crippen molar-refractivity contribution in [3.8, 4) is 11.8 Å². The van der Waals surface area contributed by atoms with Gasteiger partial charge in [-0.2, -0.15) is 5.26 Å². The molecule has 1 unspecified atom stereocenters. The van der Waals surface area contributed by atoms with Gasteiger partial charge in [-0.15, -0.1) is 0 Å². The van der Waals surface area contributed by atoms with Crippen LogP contribution in [0.25, 0.3) is 0 Å². The van der Waals surface area contributed by atoms with Crippen molar-refractivity contribution in [3.63, 3.8) is 0 Å². The van der Waals surface area contributed by atoms with Gasteiger partial charge in [-0.05, 0) is 18.6 Å². The number of thioether (sulfide) groups is 1. The minimum atomic E-state index is 0.580. The molecule has 2 rings (SSSR count). The van der Waals surface area contributed by atoms with E-state index in [1.165, 1.54) is 12.8 Å². The molecule has 1 aromatic carbocycles. The third kappa shape index (κ3) is 3.42. The van der Waals surface area contributed by atoms with E-state index in [0.717, 1.165) is 17.4 Å². The predicted molar refractivity (Wildman–Crippen MR) is 79.9 cm³/mol. The molecule has 1 aromatic rings. The van der Waals surface area contributed by atoms with E-state index in [4.69, 9.17) is 10.00 Å². The van der Waals surface area contributed by atoms with Crippen molar-refractivity contribution >= 4 is 22.6 Å². The number of nitriles is 1. The van der Waals surface area contributed by atoms with E-state index in [9.17, 15) is 0 Å². The number of nitrogens with one attached hydrogen (secondary N) is 1. The van der Waals surface area contributed by atoms with Gasteiger partial charge in [0.25, 0.3) is 0 Å². The Morgan fingerprint density at radius 2 is 2.42 bits per heavy atom. The molecule has 0 amide bonds. The molecular formula is C14H17N3OS. The number of aliphatic imine (C=N–C) groups is 1. The van der Waals surface area contributed by atoms with Crippen LogP contribution in [0.15, 0.2) is 23.2 Å². The fourth-order valence-electron chi connectivity index (χ4n) is 1.94. The lowest BCUT2D eigenvalue weighted by atomic mass is 10.2. The summed E-state index contributed by atoms with van der Waals surface area (Å²) >= 11 is 1.78. The van der Waals surface area contributed by atoms with E-state index in [2.05, 4.69) is 23.3 Å². The van der Waals surface area contributed by atoms with Gasteiger partial charge in [0.05, 0.1) is 31.0 Å². The van der Waals surface area contributed by atoms with Crippen LogP contribution in [0.4, 0.5) is 5.69 Å². The van der Waals surface area contributed by atoms with Crippen molar-refractivity contribution in [1.82, 2.24) is 0 Å². The molecule has 1 N–H and O–H groups in total. The third-order valence-corrected chi connectivity index (χ3v) is 4.07. The number of anilines is 1. The normalized spacial score (nSPS) is 17.7. The standard InChI is InChI=1S/C14H17N3OS/c1-3-4-11-9-16-14(19-11)17-12-6-5-10(8-15)7-13(12)18-2/h5-7,11H,3-4,9H2,1-2H3,(H,16,17). The van der Waals surface area contributed by atoms with Gasteiger partial charge in [0.15, 0.2) is 5.17 Å². The quantitative estimate of drug-likeness (QED) is 0.916. The number of rotatable bonds is 4. The molecular weight excluding hydrogens is 258 g/mol. The zero-order valence-corrected chi connectivity index (χ0v) is 12.0. The van der Waals surface area contributed by atoms with Crippen LogP contribution in [0.1, 0.15) is 25.3 Å². The van der Waals surface area contributed by atoms with Gasteiger partial charge in [0.1, 0.15) is 5.75 Å². The summed E-state index contributed by atoms with van der Waals surface area (Å²) in [6.07, 6.45) is 2.37. The fraction of sp³-hybridized carbons (Fsp3) is 0.429. The summed E-state index contributed by atoms with van der Waals surface area (Å²) in [7, 11) is 1.60. The van der Waals surface area contributed by atoms with E-state index >= 15 is 0 Å². The summed E-state index contributed by atoms with van der Waals surface area (Å²) in [5.74, 6) is 0.668.